The second kappa shape index (κ2) is 7.19. The van der Waals surface area contributed by atoms with Crippen LogP contribution in [0.1, 0.15) is 28.8 Å². The smallest absolute Gasteiger partial charge is 0.353 e. The number of aryl methyl sites for hydroxylation is 1. The van der Waals surface area contributed by atoms with E-state index in [-0.39, 0.29) is 11.8 Å². The van der Waals surface area contributed by atoms with Crippen LogP contribution >= 0.6 is 0 Å². The number of fused-ring (bicyclic) bond motifs is 1. The van der Waals surface area contributed by atoms with Crippen molar-refractivity contribution in [3.63, 3.8) is 0 Å². The molecule has 0 saturated heterocycles. The van der Waals surface area contributed by atoms with E-state index in [1.54, 1.807) is 42.2 Å². The molecule has 1 N–H and O–H groups in total. The highest BCUT2D eigenvalue weighted by atomic mass is 16.6. The number of hydrogen-bond donors (Lipinski definition) is 1. The maximum absolute atomic E-state index is 12.5. The Morgan fingerprint density at radius 2 is 1.89 bits per heavy atom. The summed E-state index contributed by atoms with van der Waals surface area (Å²) in [5.41, 5.74) is 2.05. The van der Waals surface area contributed by atoms with Gasteiger partial charge in [0.2, 0.25) is 6.10 Å². The summed E-state index contributed by atoms with van der Waals surface area (Å²) >= 11 is 0. The lowest BCUT2D eigenvalue weighted by Gasteiger charge is -2.14. The van der Waals surface area contributed by atoms with Gasteiger partial charge in [-0.3, -0.25) is 9.48 Å². The summed E-state index contributed by atoms with van der Waals surface area (Å²) in [4.78, 5) is 24.7. The van der Waals surface area contributed by atoms with Crippen LogP contribution < -0.4 is 14.8 Å². The first-order chi connectivity index (χ1) is 13.5. The topological polar surface area (TPSA) is 82.4 Å². The average Bonchev–Trinajstić information content (AvgIpc) is 3.27. The van der Waals surface area contributed by atoms with Gasteiger partial charge < -0.3 is 14.8 Å². The minimum atomic E-state index is -0.678. The van der Waals surface area contributed by atoms with E-state index in [1.165, 1.54) is 6.20 Å². The number of esters is 1. The molecule has 2 heterocycles. The Kier molecular flexibility index (Phi) is 4.57. The minimum absolute atomic E-state index is 0.0817. The lowest BCUT2D eigenvalue weighted by atomic mass is 9.98. The number of amides is 1. The number of ether oxygens (including phenoxy) is 2. The fourth-order valence-electron chi connectivity index (χ4n) is 3.14. The summed E-state index contributed by atoms with van der Waals surface area (Å²) in [7, 11) is 1.74. The van der Waals surface area contributed by atoms with Gasteiger partial charge in [-0.2, -0.15) is 5.10 Å². The van der Waals surface area contributed by atoms with E-state index in [1.807, 2.05) is 31.2 Å². The zero-order chi connectivity index (χ0) is 19.7. The molecule has 1 amide bonds. The number of nitrogens with zero attached hydrogens (tertiary/aromatic N) is 2. The molecule has 0 radical (unpaired) electrons. The number of benzene rings is 2. The van der Waals surface area contributed by atoms with Crippen LogP contribution in [0.25, 0.3) is 0 Å². The maximum Gasteiger partial charge on any atom is 0.353 e. The predicted molar refractivity (Wildman–Crippen MR) is 103 cm³/mol. The van der Waals surface area contributed by atoms with Crippen molar-refractivity contribution >= 4 is 17.6 Å². The number of carbonyl (C=O) groups excluding carboxylic acids is 2. The van der Waals surface area contributed by atoms with Gasteiger partial charge in [-0.05, 0) is 30.3 Å². The zero-order valence-electron chi connectivity index (χ0n) is 15.5. The molecule has 1 aliphatic heterocycles. The summed E-state index contributed by atoms with van der Waals surface area (Å²) in [5.74, 6) is 0.308. The molecule has 2 aromatic carbocycles. The summed E-state index contributed by atoms with van der Waals surface area (Å²) in [6, 6.07) is 14.2. The monoisotopic (exact) mass is 377 g/mol. The van der Waals surface area contributed by atoms with E-state index >= 15 is 0 Å². The number of aromatic nitrogens is 2. The molecule has 1 aliphatic rings. The first kappa shape index (κ1) is 17.8. The molecular formula is C21H19N3O4. The summed E-state index contributed by atoms with van der Waals surface area (Å²) in [5, 5.41) is 6.74. The van der Waals surface area contributed by atoms with Crippen molar-refractivity contribution in [1.82, 2.24) is 9.78 Å². The highest BCUT2D eigenvalue weighted by Crippen LogP contribution is 2.38. The van der Waals surface area contributed by atoms with E-state index in [0.29, 0.717) is 22.7 Å². The highest BCUT2D eigenvalue weighted by molar-refractivity contribution is 6.03. The molecule has 0 spiro atoms. The molecule has 1 aromatic heterocycles. The molecular weight excluding hydrogens is 358 g/mol. The van der Waals surface area contributed by atoms with Crippen molar-refractivity contribution in [1.29, 1.82) is 0 Å². The van der Waals surface area contributed by atoms with Gasteiger partial charge >= 0.3 is 5.97 Å². The van der Waals surface area contributed by atoms with E-state index in [2.05, 4.69) is 10.4 Å². The molecule has 7 heteroatoms. The standard InChI is InChI=1S/C21H19N3O4/c1-13-17-5-3-4-6-18(17)28-19(13)21(26)27-16-9-7-15(8-10-16)23-20(25)14-11-22-24(2)12-14/h3-13,19H,1-2H3,(H,23,25)/t13-,19+/m1/s1. The zero-order valence-corrected chi connectivity index (χ0v) is 15.5. The fraction of sp³-hybridized carbons (Fsp3) is 0.190. The lowest BCUT2D eigenvalue weighted by molar-refractivity contribution is -0.142. The Morgan fingerprint density at radius 3 is 2.57 bits per heavy atom. The van der Waals surface area contributed by atoms with Gasteiger partial charge in [0, 0.05) is 30.4 Å². The molecule has 0 fully saturated rings. The fourth-order valence-corrected chi connectivity index (χ4v) is 3.14. The van der Waals surface area contributed by atoms with E-state index in [9.17, 15) is 9.59 Å². The number of rotatable bonds is 4. The first-order valence-corrected chi connectivity index (χ1v) is 8.88. The number of para-hydroxylation sites is 1. The third-order valence-electron chi connectivity index (χ3n) is 4.65. The second-order valence-corrected chi connectivity index (χ2v) is 6.67. The number of hydrogen-bond acceptors (Lipinski definition) is 5. The van der Waals surface area contributed by atoms with Gasteiger partial charge in [-0.25, -0.2) is 4.79 Å². The van der Waals surface area contributed by atoms with E-state index in [4.69, 9.17) is 9.47 Å². The van der Waals surface area contributed by atoms with Crippen LogP contribution in [0.2, 0.25) is 0 Å². The molecule has 2 atom stereocenters. The van der Waals surface area contributed by atoms with Gasteiger partial charge in [0.05, 0.1) is 11.8 Å². The van der Waals surface area contributed by atoms with Crippen molar-refractivity contribution in [3.8, 4) is 11.5 Å². The normalized spacial score (nSPS) is 17.5. The van der Waals surface area contributed by atoms with Crippen LogP contribution in [0.4, 0.5) is 5.69 Å². The Bertz CT molecular complexity index is 1030. The Morgan fingerprint density at radius 1 is 1.14 bits per heavy atom. The number of carbonyl (C=O) groups is 2. The average molecular weight is 377 g/mol. The third kappa shape index (κ3) is 3.46. The van der Waals surface area contributed by atoms with Crippen LogP contribution in [0.5, 0.6) is 11.5 Å². The Labute approximate surface area is 161 Å². The number of nitrogens with one attached hydrogen (secondary N) is 1. The number of anilines is 1. The molecule has 0 bridgehead atoms. The molecule has 142 valence electrons. The lowest BCUT2D eigenvalue weighted by Crippen LogP contribution is -2.32. The molecule has 7 nitrogen and oxygen atoms in total. The van der Waals surface area contributed by atoms with Gasteiger partial charge in [-0.15, -0.1) is 0 Å². The largest absolute Gasteiger partial charge is 0.478 e. The molecule has 4 rings (SSSR count). The van der Waals surface area contributed by atoms with Gasteiger partial charge in [0.15, 0.2) is 0 Å². The van der Waals surface area contributed by atoms with Crippen molar-refractivity contribution in [2.75, 3.05) is 5.32 Å². The van der Waals surface area contributed by atoms with Crippen molar-refractivity contribution in [2.24, 2.45) is 7.05 Å². The third-order valence-corrected chi connectivity index (χ3v) is 4.65. The molecule has 0 unspecified atom stereocenters. The highest BCUT2D eigenvalue weighted by Gasteiger charge is 2.37. The Hall–Kier alpha value is -3.61. The van der Waals surface area contributed by atoms with Crippen molar-refractivity contribution < 1.29 is 19.1 Å². The quantitative estimate of drug-likeness (QED) is 0.558. The SMILES string of the molecule is C[C@@H]1c2ccccc2O[C@@H]1C(=O)Oc1ccc(NC(=O)c2cnn(C)c2)cc1. The van der Waals surface area contributed by atoms with Crippen molar-refractivity contribution in [2.45, 2.75) is 18.9 Å². The van der Waals surface area contributed by atoms with Crippen LogP contribution in [-0.4, -0.2) is 27.8 Å². The predicted octanol–water partition coefficient (Wildman–Crippen LogP) is 3.14. The maximum atomic E-state index is 12.5. The van der Waals surface area contributed by atoms with Crippen molar-refractivity contribution in [3.05, 3.63) is 72.1 Å². The van der Waals surface area contributed by atoms with Crippen LogP contribution in [0, 0.1) is 0 Å². The summed E-state index contributed by atoms with van der Waals surface area (Å²) < 4.78 is 12.8. The van der Waals surface area contributed by atoms with E-state index in [0.717, 1.165) is 5.56 Å². The summed E-state index contributed by atoms with van der Waals surface area (Å²) in [6.45, 7) is 1.94. The minimum Gasteiger partial charge on any atom is -0.478 e. The van der Waals surface area contributed by atoms with E-state index < -0.39 is 12.1 Å². The summed E-state index contributed by atoms with van der Waals surface area (Å²) in [6.07, 6.45) is 2.45. The van der Waals surface area contributed by atoms with Crippen LogP contribution in [0.15, 0.2) is 60.9 Å². The second-order valence-electron chi connectivity index (χ2n) is 6.67. The van der Waals surface area contributed by atoms with Crippen LogP contribution in [-0.2, 0) is 11.8 Å². The van der Waals surface area contributed by atoms with Gasteiger partial charge in [0.25, 0.3) is 5.91 Å². The molecule has 0 saturated carbocycles. The molecule has 3 aromatic rings. The molecule has 28 heavy (non-hydrogen) atoms. The Balaban J connectivity index is 1.38. The first-order valence-electron chi connectivity index (χ1n) is 8.88. The van der Waals surface area contributed by atoms with Crippen LogP contribution in [0.3, 0.4) is 0 Å². The van der Waals surface area contributed by atoms with Gasteiger partial charge in [0.1, 0.15) is 11.5 Å². The van der Waals surface area contributed by atoms with Gasteiger partial charge in [-0.1, -0.05) is 25.1 Å². The molecule has 0 aliphatic carbocycles.